The third-order valence-electron chi connectivity index (χ3n) is 6.40. The molecule has 11 heteroatoms. The Balaban J connectivity index is 1.46. The number of fused-ring (bicyclic) bond motifs is 3. The number of amides is 1. The standard InChI is InChI=1S/C30H31FN4O6/c1-4-40-26(36)13-12-25(30(39)41-5-2)35-28(37)21-10-9-20(15-23(21)31)32-16-18-6-7-19-8-11-24-27(22(19)14-18)29(38)34-17(3)33-24/h6-11,14-15,25,32H,4-5,12-13,16H2,1-3H3,(H,35,37)(H,33,34,38)/t25-/m1/s1. The van der Waals surface area contributed by atoms with Crippen LogP contribution in [0, 0.1) is 12.7 Å². The third kappa shape index (κ3) is 7.05. The minimum absolute atomic E-state index is 0.0484. The number of aryl methyl sites for hydroxylation is 1. The van der Waals surface area contributed by atoms with Crippen molar-refractivity contribution in [1.29, 1.82) is 0 Å². The molecule has 4 aromatic rings. The molecule has 1 amide bonds. The molecule has 0 aliphatic heterocycles. The maximum Gasteiger partial charge on any atom is 0.328 e. The first kappa shape index (κ1) is 29.2. The summed E-state index contributed by atoms with van der Waals surface area (Å²) in [4.78, 5) is 56.6. The molecule has 0 saturated heterocycles. The molecule has 1 aromatic heterocycles. The Morgan fingerprint density at radius 2 is 1.78 bits per heavy atom. The summed E-state index contributed by atoms with van der Waals surface area (Å²) in [5.41, 5.74) is 1.40. The average Bonchev–Trinajstić information content (AvgIpc) is 2.93. The second kappa shape index (κ2) is 13.0. The molecule has 0 unspecified atom stereocenters. The molecule has 0 aliphatic rings. The number of carbonyl (C=O) groups is 3. The monoisotopic (exact) mass is 562 g/mol. The SMILES string of the molecule is CCOC(=O)CC[C@@H](NC(=O)c1ccc(NCc2ccc3ccc4nc(C)[nH]c(=O)c4c3c2)cc1F)C(=O)OCC. The number of hydrogen-bond acceptors (Lipinski definition) is 8. The summed E-state index contributed by atoms with van der Waals surface area (Å²) in [6, 6.07) is 12.3. The van der Waals surface area contributed by atoms with Crippen molar-refractivity contribution >= 4 is 45.2 Å². The van der Waals surface area contributed by atoms with Crippen LogP contribution in [0.4, 0.5) is 10.1 Å². The van der Waals surface area contributed by atoms with E-state index >= 15 is 0 Å². The highest BCUT2D eigenvalue weighted by Crippen LogP contribution is 2.24. The van der Waals surface area contributed by atoms with Gasteiger partial charge in [0, 0.05) is 18.7 Å². The van der Waals surface area contributed by atoms with Crippen LogP contribution in [0.3, 0.4) is 0 Å². The smallest absolute Gasteiger partial charge is 0.328 e. The quantitative estimate of drug-likeness (QED) is 0.183. The number of anilines is 1. The highest BCUT2D eigenvalue weighted by atomic mass is 19.1. The van der Waals surface area contributed by atoms with Gasteiger partial charge in [0.2, 0.25) is 0 Å². The maximum atomic E-state index is 15.0. The molecule has 0 fully saturated rings. The van der Waals surface area contributed by atoms with Gasteiger partial charge in [0.15, 0.2) is 0 Å². The van der Waals surface area contributed by atoms with Gasteiger partial charge in [0.25, 0.3) is 11.5 Å². The Hall–Kier alpha value is -4.80. The van der Waals surface area contributed by atoms with Crippen LogP contribution in [-0.4, -0.2) is 47.1 Å². The highest BCUT2D eigenvalue weighted by Gasteiger charge is 2.25. The lowest BCUT2D eigenvalue weighted by Crippen LogP contribution is -2.42. The summed E-state index contributed by atoms with van der Waals surface area (Å²) >= 11 is 0. The van der Waals surface area contributed by atoms with Crippen LogP contribution in [0.1, 0.15) is 48.4 Å². The lowest BCUT2D eigenvalue weighted by Gasteiger charge is -2.17. The minimum atomic E-state index is -1.14. The molecule has 1 heterocycles. The topological polar surface area (TPSA) is 139 Å². The molecule has 214 valence electrons. The van der Waals surface area contributed by atoms with E-state index in [-0.39, 0.29) is 37.2 Å². The van der Waals surface area contributed by atoms with Crippen molar-refractivity contribution in [2.45, 2.75) is 46.2 Å². The van der Waals surface area contributed by atoms with Gasteiger partial charge in [-0.05, 0) is 73.9 Å². The van der Waals surface area contributed by atoms with Crippen molar-refractivity contribution in [3.63, 3.8) is 0 Å². The van der Waals surface area contributed by atoms with E-state index < -0.39 is 29.7 Å². The molecular formula is C30H31FN4O6. The van der Waals surface area contributed by atoms with Crippen molar-refractivity contribution in [1.82, 2.24) is 15.3 Å². The molecule has 1 atom stereocenters. The summed E-state index contributed by atoms with van der Waals surface area (Å²) < 4.78 is 24.8. The minimum Gasteiger partial charge on any atom is -0.466 e. The van der Waals surface area contributed by atoms with Gasteiger partial charge in [-0.25, -0.2) is 14.2 Å². The lowest BCUT2D eigenvalue weighted by atomic mass is 10.0. The molecule has 10 nitrogen and oxygen atoms in total. The van der Waals surface area contributed by atoms with Crippen molar-refractivity contribution in [3.8, 4) is 0 Å². The first-order valence-electron chi connectivity index (χ1n) is 13.3. The van der Waals surface area contributed by atoms with Crippen LogP contribution in [0.15, 0.2) is 53.3 Å². The first-order valence-corrected chi connectivity index (χ1v) is 13.3. The van der Waals surface area contributed by atoms with Crippen molar-refractivity contribution in [3.05, 3.63) is 81.7 Å². The van der Waals surface area contributed by atoms with E-state index in [9.17, 15) is 23.6 Å². The maximum absolute atomic E-state index is 15.0. The number of benzene rings is 3. The third-order valence-corrected chi connectivity index (χ3v) is 6.40. The number of aromatic nitrogens is 2. The normalized spacial score (nSPS) is 11.7. The summed E-state index contributed by atoms with van der Waals surface area (Å²) in [5, 5.41) is 7.73. The zero-order valence-corrected chi connectivity index (χ0v) is 23.0. The highest BCUT2D eigenvalue weighted by molar-refractivity contribution is 6.05. The van der Waals surface area contributed by atoms with E-state index in [1.165, 1.54) is 12.1 Å². The Morgan fingerprint density at radius 1 is 1.02 bits per heavy atom. The summed E-state index contributed by atoms with van der Waals surface area (Å²) in [7, 11) is 0. The fourth-order valence-electron chi connectivity index (χ4n) is 4.47. The summed E-state index contributed by atoms with van der Waals surface area (Å²) in [5.74, 6) is -2.31. The molecule has 0 spiro atoms. The number of ether oxygens (including phenoxy) is 2. The van der Waals surface area contributed by atoms with Gasteiger partial charge in [-0.3, -0.25) is 14.4 Å². The summed E-state index contributed by atoms with van der Waals surface area (Å²) in [6.45, 7) is 5.60. The van der Waals surface area contributed by atoms with Crippen molar-refractivity contribution < 1.29 is 28.2 Å². The molecule has 3 aromatic carbocycles. The molecule has 4 rings (SSSR count). The number of aromatic amines is 1. The first-order chi connectivity index (χ1) is 19.7. The molecule has 0 bridgehead atoms. The lowest BCUT2D eigenvalue weighted by molar-refractivity contribution is -0.146. The van der Waals surface area contributed by atoms with Crippen molar-refractivity contribution in [2.24, 2.45) is 0 Å². The molecule has 3 N–H and O–H groups in total. The number of nitrogens with one attached hydrogen (secondary N) is 3. The number of rotatable bonds is 11. The zero-order chi connectivity index (χ0) is 29.5. The Labute approximate surface area is 235 Å². The van der Waals surface area contributed by atoms with E-state index in [1.54, 1.807) is 26.8 Å². The van der Waals surface area contributed by atoms with Crippen molar-refractivity contribution in [2.75, 3.05) is 18.5 Å². The van der Waals surface area contributed by atoms with Gasteiger partial charge in [-0.1, -0.05) is 18.2 Å². The zero-order valence-electron chi connectivity index (χ0n) is 23.0. The largest absolute Gasteiger partial charge is 0.466 e. The fourth-order valence-corrected chi connectivity index (χ4v) is 4.47. The Kier molecular flexibility index (Phi) is 9.28. The predicted octanol–water partition coefficient (Wildman–Crippen LogP) is 4.14. The Bertz CT molecular complexity index is 1670. The number of halogens is 1. The second-order valence-corrected chi connectivity index (χ2v) is 9.34. The van der Waals surface area contributed by atoms with Crippen LogP contribution in [0.25, 0.3) is 21.7 Å². The summed E-state index contributed by atoms with van der Waals surface area (Å²) in [6.07, 6.45) is -0.161. The molecule has 0 saturated carbocycles. The van der Waals surface area contributed by atoms with Crippen LogP contribution < -0.4 is 16.2 Å². The van der Waals surface area contributed by atoms with E-state index in [0.29, 0.717) is 29.0 Å². The second-order valence-electron chi connectivity index (χ2n) is 9.34. The van der Waals surface area contributed by atoms with Gasteiger partial charge in [0.05, 0.1) is 29.7 Å². The number of H-pyrrole nitrogens is 1. The number of carbonyl (C=O) groups excluding carboxylic acids is 3. The number of nitrogens with zero attached hydrogens (tertiary/aromatic N) is 1. The van der Waals surface area contributed by atoms with Crippen LogP contribution in [0.5, 0.6) is 0 Å². The fraction of sp³-hybridized carbons (Fsp3) is 0.300. The van der Waals surface area contributed by atoms with Crippen LogP contribution >= 0.6 is 0 Å². The van der Waals surface area contributed by atoms with Gasteiger partial charge in [-0.2, -0.15) is 0 Å². The number of esters is 2. The van der Waals surface area contributed by atoms with Gasteiger partial charge in [-0.15, -0.1) is 0 Å². The Morgan fingerprint density at radius 3 is 2.51 bits per heavy atom. The van der Waals surface area contributed by atoms with Crippen LogP contribution in [-0.2, 0) is 25.6 Å². The van der Waals surface area contributed by atoms with E-state index in [0.717, 1.165) is 16.3 Å². The molecule has 0 aliphatic carbocycles. The van der Waals surface area contributed by atoms with Gasteiger partial charge < -0.3 is 25.1 Å². The molecule has 41 heavy (non-hydrogen) atoms. The van der Waals surface area contributed by atoms with Gasteiger partial charge in [0.1, 0.15) is 17.7 Å². The number of hydrogen-bond donors (Lipinski definition) is 3. The molecular weight excluding hydrogens is 531 g/mol. The average molecular weight is 563 g/mol. The van der Waals surface area contributed by atoms with Crippen LogP contribution in [0.2, 0.25) is 0 Å². The van der Waals surface area contributed by atoms with E-state index in [1.807, 2.05) is 30.3 Å². The van der Waals surface area contributed by atoms with E-state index in [2.05, 4.69) is 20.6 Å². The van der Waals surface area contributed by atoms with E-state index in [4.69, 9.17) is 9.47 Å². The predicted molar refractivity (Wildman–Crippen MR) is 152 cm³/mol. The van der Waals surface area contributed by atoms with Gasteiger partial charge >= 0.3 is 11.9 Å². The molecule has 0 radical (unpaired) electrons.